The number of rotatable bonds is 5. The summed E-state index contributed by atoms with van der Waals surface area (Å²) in [6.45, 7) is 9.68. The lowest BCUT2D eigenvalue weighted by Crippen LogP contribution is -2.17. The zero-order chi connectivity index (χ0) is 16.4. The normalized spacial score (nSPS) is 20.1. The van der Waals surface area contributed by atoms with E-state index in [0.717, 1.165) is 24.6 Å². The van der Waals surface area contributed by atoms with Crippen molar-refractivity contribution in [3.8, 4) is 0 Å². The van der Waals surface area contributed by atoms with E-state index in [-0.39, 0.29) is 16.8 Å². The monoisotopic (exact) mass is 338 g/mol. The van der Waals surface area contributed by atoms with Gasteiger partial charge in [-0.1, -0.05) is 37.7 Å². The zero-order valence-corrected chi connectivity index (χ0v) is 14.7. The van der Waals surface area contributed by atoms with Crippen LogP contribution in [0.4, 0.5) is 0 Å². The SMILES string of the molecule is CC(Sc1nnnn1CC1CCCO1)c1nc(C(C)(C)C)no1. The van der Waals surface area contributed by atoms with Crippen LogP contribution in [0.2, 0.25) is 0 Å². The molecule has 0 bridgehead atoms. The second-order valence-electron chi connectivity index (χ2n) is 6.74. The van der Waals surface area contributed by atoms with Crippen molar-refractivity contribution in [1.29, 1.82) is 0 Å². The van der Waals surface area contributed by atoms with E-state index in [4.69, 9.17) is 9.26 Å². The first-order chi connectivity index (χ1) is 10.9. The van der Waals surface area contributed by atoms with E-state index in [1.165, 1.54) is 11.8 Å². The lowest BCUT2D eigenvalue weighted by atomic mass is 9.96. The molecule has 1 aliphatic heterocycles. The van der Waals surface area contributed by atoms with Gasteiger partial charge in [0.1, 0.15) is 0 Å². The first-order valence-corrected chi connectivity index (χ1v) is 8.70. The minimum Gasteiger partial charge on any atom is -0.376 e. The summed E-state index contributed by atoms with van der Waals surface area (Å²) in [6.07, 6.45) is 2.35. The number of thioether (sulfide) groups is 1. The Balaban J connectivity index is 1.67. The van der Waals surface area contributed by atoms with Gasteiger partial charge in [0.15, 0.2) is 5.82 Å². The van der Waals surface area contributed by atoms with Gasteiger partial charge in [-0.3, -0.25) is 0 Å². The summed E-state index contributed by atoms with van der Waals surface area (Å²) in [4.78, 5) is 4.49. The molecule has 23 heavy (non-hydrogen) atoms. The predicted octanol–water partition coefficient (Wildman–Crippen LogP) is 2.39. The highest BCUT2D eigenvalue weighted by Gasteiger charge is 2.25. The molecular weight excluding hydrogens is 316 g/mol. The van der Waals surface area contributed by atoms with Gasteiger partial charge in [-0.15, -0.1) is 5.10 Å². The van der Waals surface area contributed by atoms with Gasteiger partial charge >= 0.3 is 0 Å². The molecule has 0 saturated carbocycles. The van der Waals surface area contributed by atoms with Gasteiger partial charge in [-0.05, 0) is 30.2 Å². The molecule has 0 N–H and O–H groups in total. The lowest BCUT2D eigenvalue weighted by molar-refractivity contribution is 0.0911. The van der Waals surface area contributed by atoms with Gasteiger partial charge in [0.05, 0.1) is 17.9 Å². The largest absolute Gasteiger partial charge is 0.376 e. The maximum atomic E-state index is 5.65. The summed E-state index contributed by atoms with van der Waals surface area (Å²) in [6, 6.07) is 0. The summed E-state index contributed by atoms with van der Waals surface area (Å²) >= 11 is 1.51. The molecule has 0 spiro atoms. The van der Waals surface area contributed by atoms with E-state index < -0.39 is 0 Å². The Morgan fingerprint density at radius 1 is 1.39 bits per heavy atom. The van der Waals surface area contributed by atoms with E-state index in [1.807, 2.05) is 6.92 Å². The Bertz CT molecular complexity index is 644. The maximum absolute atomic E-state index is 5.65. The standard InChI is InChI=1S/C14H22N6O2S/c1-9(11-15-12(17-22-11)14(2,3)4)23-13-16-18-19-20(13)8-10-6-5-7-21-10/h9-10H,5-8H2,1-4H3. The molecule has 3 heterocycles. The lowest BCUT2D eigenvalue weighted by Gasteiger charge is -2.12. The fraction of sp³-hybridized carbons (Fsp3) is 0.786. The number of hydrogen-bond acceptors (Lipinski definition) is 8. The van der Waals surface area contributed by atoms with Crippen molar-refractivity contribution in [2.45, 2.75) is 69.0 Å². The minimum absolute atomic E-state index is 0.0205. The molecule has 2 unspecified atom stereocenters. The van der Waals surface area contributed by atoms with Crippen LogP contribution in [0.25, 0.3) is 0 Å². The second kappa shape index (κ2) is 6.56. The zero-order valence-electron chi connectivity index (χ0n) is 13.9. The molecule has 0 radical (unpaired) electrons. The third kappa shape index (κ3) is 3.89. The van der Waals surface area contributed by atoms with Crippen LogP contribution in [0.1, 0.15) is 57.5 Å². The average Bonchev–Trinajstić information content (AvgIpc) is 3.20. The minimum atomic E-state index is -0.131. The molecule has 126 valence electrons. The Morgan fingerprint density at radius 2 is 2.22 bits per heavy atom. The molecule has 2 aromatic rings. The van der Waals surface area contributed by atoms with Crippen LogP contribution in [0.15, 0.2) is 9.68 Å². The molecule has 1 aliphatic rings. The van der Waals surface area contributed by atoms with Gasteiger partial charge in [0, 0.05) is 12.0 Å². The Kier molecular flexibility index (Phi) is 4.67. The van der Waals surface area contributed by atoms with E-state index in [0.29, 0.717) is 18.3 Å². The highest BCUT2D eigenvalue weighted by Crippen LogP contribution is 2.33. The number of hydrogen-bond donors (Lipinski definition) is 0. The maximum Gasteiger partial charge on any atom is 0.239 e. The number of aromatic nitrogens is 6. The molecule has 1 saturated heterocycles. The van der Waals surface area contributed by atoms with Crippen LogP contribution >= 0.6 is 11.8 Å². The van der Waals surface area contributed by atoms with Crippen molar-refractivity contribution in [2.24, 2.45) is 0 Å². The second-order valence-corrected chi connectivity index (χ2v) is 8.05. The molecule has 0 aliphatic carbocycles. The predicted molar refractivity (Wildman–Crippen MR) is 84.1 cm³/mol. The molecule has 8 nitrogen and oxygen atoms in total. The Labute approximate surface area is 139 Å². The topological polar surface area (TPSA) is 91.8 Å². The van der Waals surface area contributed by atoms with Gasteiger partial charge in [-0.2, -0.15) is 4.98 Å². The van der Waals surface area contributed by atoms with Crippen molar-refractivity contribution < 1.29 is 9.26 Å². The first-order valence-electron chi connectivity index (χ1n) is 7.82. The van der Waals surface area contributed by atoms with E-state index in [2.05, 4.69) is 46.4 Å². The molecular formula is C14H22N6O2S. The summed E-state index contributed by atoms with van der Waals surface area (Å²) in [5.41, 5.74) is -0.131. The fourth-order valence-electron chi connectivity index (χ4n) is 2.29. The summed E-state index contributed by atoms with van der Waals surface area (Å²) in [5, 5.41) is 16.7. The smallest absolute Gasteiger partial charge is 0.239 e. The molecule has 2 aromatic heterocycles. The van der Waals surface area contributed by atoms with Crippen molar-refractivity contribution in [3.05, 3.63) is 11.7 Å². The van der Waals surface area contributed by atoms with Crippen LogP contribution in [0.3, 0.4) is 0 Å². The van der Waals surface area contributed by atoms with Gasteiger partial charge in [0.2, 0.25) is 11.0 Å². The Morgan fingerprint density at radius 3 is 2.87 bits per heavy atom. The van der Waals surface area contributed by atoms with Gasteiger partial charge < -0.3 is 9.26 Å². The average molecular weight is 338 g/mol. The van der Waals surface area contributed by atoms with Crippen molar-refractivity contribution in [3.63, 3.8) is 0 Å². The van der Waals surface area contributed by atoms with Crippen molar-refractivity contribution in [1.82, 2.24) is 30.3 Å². The van der Waals surface area contributed by atoms with E-state index >= 15 is 0 Å². The third-order valence-electron chi connectivity index (χ3n) is 3.64. The number of nitrogens with zero attached hydrogens (tertiary/aromatic N) is 6. The van der Waals surface area contributed by atoms with Crippen LogP contribution < -0.4 is 0 Å². The fourth-order valence-corrected chi connectivity index (χ4v) is 3.12. The molecule has 1 fully saturated rings. The van der Waals surface area contributed by atoms with Crippen LogP contribution in [0, 0.1) is 0 Å². The van der Waals surface area contributed by atoms with Gasteiger partial charge in [0.25, 0.3) is 0 Å². The quantitative estimate of drug-likeness (QED) is 0.767. The molecule has 0 aromatic carbocycles. The van der Waals surface area contributed by atoms with Crippen LogP contribution in [-0.4, -0.2) is 43.1 Å². The van der Waals surface area contributed by atoms with E-state index in [9.17, 15) is 0 Å². The summed E-state index contributed by atoms with van der Waals surface area (Å²) in [5.74, 6) is 1.30. The molecule has 9 heteroatoms. The molecule has 0 amide bonds. The molecule has 3 rings (SSSR count). The highest BCUT2D eigenvalue weighted by atomic mass is 32.2. The first kappa shape index (κ1) is 16.4. The van der Waals surface area contributed by atoms with E-state index in [1.54, 1.807) is 4.68 Å². The number of tetrazole rings is 1. The number of ether oxygens (including phenoxy) is 1. The summed E-state index contributed by atoms with van der Waals surface area (Å²) in [7, 11) is 0. The van der Waals surface area contributed by atoms with Crippen molar-refractivity contribution in [2.75, 3.05) is 6.61 Å². The van der Waals surface area contributed by atoms with Gasteiger partial charge in [-0.25, -0.2) is 4.68 Å². The highest BCUT2D eigenvalue weighted by molar-refractivity contribution is 7.99. The third-order valence-corrected chi connectivity index (χ3v) is 4.70. The molecule has 2 atom stereocenters. The van der Waals surface area contributed by atoms with Crippen LogP contribution in [0.5, 0.6) is 0 Å². The summed E-state index contributed by atoms with van der Waals surface area (Å²) < 4.78 is 12.8. The van der Waals surface area contributed by atoms with Crippen LogP contribution in [-0.2, 0) is 16.7 Å². The Hall–Kier alpha value is -1.48. The van der Waals surface area contributed by atoms with Crippen molar-refractivity contribution >= 4 is 11.8 Å².